The maximum atomic E-state index is 9.66. The number of aromatic hydroxyl groups is 2. The summed E-state index contributed by atoms with van der Waals surface area (Å²) in [6.07, 6.45) is 4.12. The Morgan fingerprint density at radius 1 is 0.950 bits per heavy atom. The van der Waals surface area contributed by atoms with Gasteiger partial charge in [0.1, 0.15) is 0 Å². The molecule has 0 amide bonds. The number of pyridine rings is 1. The van der Waals surface area contributed by atoms with Crippen LogP contribution in [0.2, 0.25) is 5.02 Å². The van der Waals surface area contributed by atoms with Gasteiger partial charge in [0.05, 0.1) is 0 Å². The first-order valence-electron chi connectivity index (χ1n) is 6.16. The number of hydrogen-bond acceptors (Lipinski definition) is 3. The second kappa shape index (κ2) is 5.02. The molecule has 0 saturated heterocycles. The molecule has 0 aliphatic heterocycles. The van der Waals surface area contributed by atoms with Crippen molar-refractivity contribution < 1.29 is 10.2 Å². The lowest BCUT2D eigenvalue weighted by Crippen LogP contribution is -1.91. The average Bonchev–Trinajstić information content (AvgIpc) is 2.43. The molecule has 0 bridgehead atoms. The Morgan fingerprint density at radius 2 is 1.65 bits per heavy atom. The summed E-state index contributed by atoms with van der Waals surface area (Å²) in [4.78, 5) is 4.18. The minimum absolute atomic E-state index is 0.124. The summed E-state index contributed by atoms with van der Waals surface area (Å²) in [7, 11) is 0. The van der Waals surface area contributed by atoms with Gasteiger partial charge in [-0.1, -0.05) is 23.7 Å². The van der Waals surface area contributed by atoms with Gasteiger partial charge in [-0.05, 0) is 47.2 Å². The smallest absolute Gasteiger partial charge is 0.158 e. The largest absolute Gasteiger partial charge is 0.504 e. The number of phenolic OH excluding ortho intramolecular Hbond substituents is 2. The number of aromatic nitrogens is 1. The van der Waals surface area contributed by atoms with Crippen molar-refractivity contribution in [3.63, 3.8) is 0 Å². The Balaban J connectivity index is 2.07. The highest BCUT2D eigenvalue weighted by Gasteiger charge is 2.07. The van der Waals surface area contributed by atoms with Crippen molar-refractivity contribution in [2.24, 2.45) is 0 Å². The topological polar surface area (TPSA) is 53.4 Å². The van der Waals surface area contributed by atoms with E-state index >= 15 is 0 Å². The summed E-state index contributed by atoms with van der Waals surface area (Å²) in [5, 5.41) is 21.6. The minimum atomic E-state index is -0.136. The van der Waals surface area contributed by atoms with Gasteiger partial charge in [0.2, 0.25) is 0 Å². The summed E-state index contributed by atoms with van der Waals surface area (Å²) in [6.45, 7) is 0. The minimum Gasteiger partial charge on any atom is -0.504 e. The first-order chi connectivity index (χ1) is 9.63. The summed E-state index contributed by atoms with van der Waals surface area (Å²) < 4.78 is 0. The van der Waals surface area contributed by atoms with Crippen molar-refractivity contribution in [1.29, 1.82) is 0 Å². The zero-order chi connectivity index (χ0) is 14.1. The van der Waals surface area contributed by atoms with E-state index < -0.39 is 0 Å². The van der Waals surface area contributed by atoms with Gasteiger partial charge in [-0.25, -0.2) is 0 Å². The zero-order valence-electron chi connectivity index (χ0n) is 10.5. The van der Waals surface area contributed by atoms with Crippen LogP contribution >= 0.6 is 11.6 Å². The van der Waals surface area contributed by atoms with Gasteiger partial charge >= 0.3 is 0 Å². The zero-order valence-corrected chi connectivity index (χ0v) is 11.3. The second-order valence-electron chi connectivity index (χ2n) is 4.66. The molecular weight excluding hydrogens is 274 g/mol. The van der Waals surface area contributed by atoms with Crippen molar-refractivity contribution in [1.82, 2.24) is 4.98 Å². The Bertz CT molecular complexity index is 769. The molecule has 4 heteroatoms. The summed E-state index contributed by atoms with van der Waals surface area (Å²) in [5.41, 5.74) is 2.09. The molecule has 1 heterocycles. The second-order valence-corrected chi connectivity index (χ2v) is 5.10. The summed E-state index contributed by atoms with van der Waals surface area (Å²) in [6, 6.07) is 10.7. The number of halogens is 1. The van der Waals surface area contributed by atoms with Crippen LogP contribution in [-0.4, -0.2) is 15.2 Å². The van der Waals surface area contributed by atoms with Crippen LogP contribution in [-0.2, 0) is 6.42 Å². The van der Waals surface area contributed by atoms with Gasteiger partial charge < -0.3 is 10.2 Å². The quantitative estimate of drug-likeness (QED) is 0.702. The third kappa shape index (κ3) is 2.40. The molecule has 2 aromatic carbocycles. The summed E-state index contributed by atoms with van der Waals surface area (Å²) >= 11 is 5.87. The fraction of sp³-hybridized carbons (Fsp3) is 0.0625. The van der Waals surface area contributed by atoms with Crippen LogP contribution < -0.4 is 0 Å². The lowest BCUT2D eigenvalue weighted by atomic mass is 10.0. The fourth-order valence-corrected chi connectivity index (χ4v) is 2.34. The van der Waals surface area contributed by atoms with Crippen LogP contribution in [0.4, 0.5) is 0 Å². The van der Waals surface area contributed by atoms with Gasteiger partial charge in [-0.3, -0.25) is 4.98 Å². The molecule has 0 saturated carbocycles. The highest BCUT2D eigenvalue weighted by Crippen LogP contribution is 2.32. The SMILES string of the molecule is Oc1cc2cncc(Cc3ccc(Cl)cc3)c2cc1O. The first kappa shape index (κ1) is 12.8. The maximum absolute atomic E-state index is 9.66. The molecule has 3 nitrogen and oxygen atoms in total. The Morgan fingerprint density at radius 3 is 2.40 bits per heavy atom. The Kier molecular flexibility index (Phi) is 3.20. The van der Waals surface area contributed by atoms with Crippen LogP contribution in [0, 0.1) is 0 Å². The lowest BCUT2D eigenvalue weighted by Gasteiger charge is -2.08. The molecule has 20 heavy (non-hydrogen) atoms. The number of phenols is 2. The van der Waals surface area contributed by atoms with E-state index in [1.165, 1.54) is 6.07 Å². The maximum Gasteiger partial charge on any atom is 0.158 e. The van der Waals surface area contributed by atoms with Crippen molar-refractivity contribution in [3.05, 3.63) is 64.9 Å². The fourth-order valence-electron chi connectivity index (χ4n) is 2.22. The van der Waals surface area contributed by atoms with Gasteiger partial charge in [0, 0.05) is 22.8 Å². The molecule has 0 fully saturated rings. The average molecular weight is 286 g/mol. The van der Waals surface area contributed by atoms with E-state index in [0.29, 0.717) is 11.4 Å². The molecule has 0 aliphatic carbocycles. The van der Waals surface area contributed by atoms with Crippen LogP contribution in [0.25, 0.3) is 10.8 Å². The van der Waals surface area contributed by atoms with E-state index in [2.05, 4.69) is 4.98 Å². The predicted octanol–water partition coefficient (Wildman–Crippen LogP) is 3.89. The molecule has 0 radical (unpaired) electrons. The van der Waals surface area contributed by atoms with E-state index in [1.807, 2.05) is 24.3 Å². The van der Waals surface area contributed by atoms with Gasteiger partial charge in [-0.15, -0.1) is 0 Å². The van der Waals surface area contributed by atoms with E-state index in [9.17, 15) is 10.2 Å². The van der Waals surface area contributed by atoms with E-state index in [0.717, 1.165) is 21.9 Å². The van der Waals surface area contributed by atoms with Gasteiger partial charge in [0.25, 0.3) is 0 Å². The molecule has 0 unspecified atom stereocenters. The third-order valence-electron chi connectivity index (χ3n) is 3.24. The van der Waals surface area contributed by atoms with Gasteiger partial charge in [-0.2, -0.15) is 0 Å². The molecular formula is C16H12ClNO2. The van der Waals surface area contributed by atoms with Crippen LogP contribution in [0.15, 0.2) is 48.8 Å². The molecule has 3 rings (SSSR count). The van der Waals surface area contributed by atoms with Crippen LogP contribution in [0.1, 0.15) is 11.1 Å². The lowest BCUT2D eigenvalue weighted by molar-refractivity contribution is 0.405. The van der Waals surface area contributed by atoms with E-state index in [-0.39, 0.29) is 11.5 Å². The number of rotatable bonds is 2. The molecule has 0 aliphatic rings. The molecule has 100 valence electrons. The normalized spacial score (nSPS) is 10.8. The molecule has 2 N–H and O–H groups in total. The molecule has 1 aromatic heterocycles. The van der Waals surface area contributed by atoms with Crippen molar-refractivity contribution in [2.75, 3.05) is 0 Å². The first-order valence-corrected chi connectivity index (χ1v) is 6.54. The number of fused-ring (bicyclic) bond motifs is 1. The van der Waals surface area contributed by atoms with Gasteiger partial charge in [0.15, 0.2) is 11.5 Å². The molecule has 0 spiro atoms. The van der Waals surface area contributed by atoms with Crippen molar-refractivity contribution in [2.45, 2.75) is 6.42 Å². The standard InChI is InChI=1S/C16H12ClNO2/c17-13-3-1-10(2-4-13)5-11-8-18-9-12-6-15(19)16(20)7-14(11)12/h1-4,6-9,19-20H,5H2. The Labute approximate surface area is 121 Å². The van der Waals surface area contributed by atoms with Crippen LogP contribution in [0.3, 0.4) is 0 Å². The predicted molar refractivity (Wildman–Crippen MR) is 79.3 cm³/mol. The van der Waals surface area contributed by atoms with Crippen molar-refractivity contribution >= 4 is 22.4 Å². The monoisotopic (exact) mass is 285 g/mol. The number of hydrogen-bond donors (Lipinski definition) is 2. The van der Waals surface area contributed by atoms with E-state index in [4.69, 9.17) is 11.6 Å². The summed E-state index contributed by atoms with van der Waals surface area (Å²) in [5.74, 6) is -0.260. The highest BCUT2D eigenvalue weighted by atomic mass is 35.5. The Hall–Kier alpha value is -2.26. The van der Waals surface area contributed by atoms with E-state index in [1.54, 1.807) is 18.5 Å². The molecule has 3 aromatic rings. The number of nitrogens with zero attached hydrogens (tertiary/aromatic N) is 1. The van der Waals surface area contributed by atoms with Crippen molar-refractivity contribution in [3.8, 4) is 11.5 Å². The third-order valence-corrected chi connectivity index (χ3v) is 3.50. The number of benzene rings is 2. The van der Waals surface area contributed by atoms with Crippen LogP contribution in [0.5, 0.6) is 11.5 Å². The highest BCUT2D eigenvalue weighted by molar-refractivity contribution is 6.30. The molecule has 0 atom stereocenters.